The minimum Gasteiger partial charge on any atom is -0.454 e. The fourth-order valence-electron chi connectivity index (χ4n) is 0.805. The molecule has 0 fully saturated rings. The number of esters is 1. The molecule has 0 saturated carbocycles. The summed E-state index contributed by atoms with van der Waals surface area (Å²) in [5.74, 6) is -0.234. The van der Waals surface area contributed by atoms with E-state index in [1.165, 1.54) is 11.0 Å². The highest BCUT2D eigenvalue weighted by Crippen LogP contribution is 2.09. The van der Waals surface area contributed by atoms with E-state index in [1.807, 2.05) is 13.8 Å². The first-order chi connectivity index (χ1) is 6.90. The smallest absolute Gasteiger partial charge is 0.376 e. The minimum absolute atomic E-state index is 0.218. The largest absolute Gasteiger partial charge is 0.454 e. The standard InChI is InChI=1S/C8H13N3O2.C2H6/c1-8(2,3)13-7(12)6-9-5-10-11(6)4;1-2/h5H,1-4H3;1-2H3. The van der Waals surface area contributed by atoms with Crippen molar-refractivity contribution in [1.82, 2.24) is 14.8 Å². The molecule has 0 unspecified atom stereocenters. The number of aryl methyl sites for hydroxylation is 1. The molecule has 15 heavy (non-hydrogen) atoms. The Kier molecular flexibility index (Phi) is 4.97. The molecular formula is C10H19N3O2. The number of nitrogens with zero attached hydrogens (tertiary/aromatic N) is 3. The van der Waals surface area contributed by atoms with Gasteiger partial charge in [0, 0.05) is 7.05 Å². The Morgan fingerprint density at radius 3 is 2.27 bits per heavy atom. The Morgan fingerprint density at radius 1 is 1.40 bits per heavy atom. The van der Waals surface area contributed by atoms with Crippen LogP contribution in [0.4, 0.5) is 0 Å². The van der Waals surface area contributed by atoms with Crippen molar-refractivity contribution in [1.29, 1.82) is 0 Å². The Morgan fingerprint density at radius 2 is 1.93 bits per heavy atom. The first kappa shape index (κ1) is 13.6. The SMILES string of the molecule is CC.Cn1ncnc1C(=O)OC(C)(C)C. The van der Waals surface area contributed by atoms with Crippen LogP contribution in [0.1, 0.15) is 45.2 Å². The third-order valence-corrected chi connectivity index (χ3v) is 1.29. The van der Waals surface area contributed by atoms with E-state index >= 15 is 0 Å². The lowest BCUT2D eigenvalue weighted by Gasteiger charge is -2.18. The van der Waals surface area contributed by atoms with Gasteiger partial charge in [-0.15, -0.1) is 0 Å². The van der Waals surface area contributed by atoms with Crippen molar-refractivity contribution in [2.45, 2.75) is 40.2 Å². The van der Waals surface area contributed by atoms with Gasteiger partial charge in [0.25, 0.3) is 0 Å². The van der Waals surface area contributed by atoms with Gasteiger partial charge in [0.05, 0.1) is 0 Å². The average Bonchev–Trinajstić information content (AvgIpc) is 2.52. The van der Waals surface area contributed by atoms with Crippen LogP contribution in [0.5, 0.6) is 0 Å². The van der Waals surface area contributed by atoms with Crippen molar-refractivity contribution < 1.29 is 9.53 Å². The first-order valence-corrected chi connectivity index (χ1v) is 4.97. The summed E-state index contributed by atoms with van der Waals surface area (Å²) in [7, 11) is 1.65. The predicted molar refractivity (Wildman–Crippen MR) is 57.5 cm³/mol. The highest BCUT2D eigenvalue weighted by atomic mass is 16.6. The molecule has 0 aliphatic carbocycles. The van der Waals surface area contributed by atoms with E-state index in [2.05, 4.69) is 10.1 Å². The van der Waals surface area contributed by atoms with Gasteiger partial charge in [-0.25, -0.2) is 14.5 Å². The summed E-state index contributed by atoms with van der Waals surface area (Å²) in [5, 5.41) is 3.77. The molecule has 1 aromatic heterocycles. The summed E-state index contributed by atoms with van der Waals surface area (Å²) >= 11 is 0. The second-order valence-corrected chi connectivity index (χ2v) is 3.71. The van der Waals surface area contributed by atoms with Crippen LogP contribution in [0.15, 0.2) is 6.33 Å². The Labute approximate surface area is 90.5 Å². The van der Waals surface area contributed by atoms with Crippen LogP contribution in [-0.2, 0) is 11.8 Å². The average molecular weight is 213 g/mol. The topological polar surface area (TPSA) is 57.0 Å². The van der Waals surface area contributed by atoms with E-state index < -0.39 is 11.6 Å². The van der Waals surface area contributed by atoms with Crippen LogP contribution in [0.2, 0.25) is 0 Å². The molecule has 1 rings (SSSR count). The molecule has 0 radical (unpaired) electrons. The van der Waals surface area contributed by atoms with Crippen LogP contribution in [-0.4, -0.2) is 26.3 Å². The molecule has 86 valence electrons. The molecule has 1 aromatic rings. The fourth-order valence-corrected chi connectivity index (χ4v) is 0.805. The number of carbonyl (C=O) groups is 1. The van der Waals surface area contributed by atoms with Crippen LogP contribution in [0.25, 0.3) is 0 Å². The molecule has 0 aromatic carbocycles. The van der Waals surface area contributed by atoms with Gasteiger partial charge < -0.3 is 4.74 Å². The second-order valence-electron chi connectivity index (χ2n) is 3.71. The zero-order chi connectivity index (χ0) is 12.1. The zero-order valence-corrected chi connectivity index (χ0v) is 10.2. The molecule has 0 N–H and O–H groups in total. The molecule has 0 aliphatic rings. The van der Waals surface area contributed by atoms with Crippen LogP contribution in [0, 0.1) is 0 Å². The first-order valence-electron chi connectivity index (χ1n) is 4.97. The van der Waals surface area contributed by atoms with Gasteiger partial charge in [-0.2, -0.15) is 5.10 Å². The van der Waals surface area contributed by atoms with E-state index in [1.54, 1.807) is 27.8 Å². The van der Waals surface area contributed by atoms with E-state index in [9.17, 15) is 4.79 Å². The van der Waals surface area contributed by atoms with Crippen LogP contribution in [0.3, 0.4) is 0 Å². The summed E-state index contributed by atoms with van der Waals surface area (Å²) in [6.07, 6.45) is 1.32. The lowest BCUT2D eigenvalue weighted by Crippen LogP contribution is -2.25. The number of ether oxygens (including phenoxy) is 1. The monoisotopic (exact) mass is 213 g/mol. The molecule has 0 saturated heterocycles. The van der Waals surface area contributed by atoms with E-state index in [-0.39, 0.29) is 5.82 Å². The van der Waals surface area contributed by atoms with Crippen molar-refractivity contribution in [2.24, 2.45) is 7.05 Å². The van der Waals surface area contributed by atoms with Gasteiger partial charge in [0.1, 0.15) is 11.9 Å². The lowest BCUT2D eigenvalue weighted by atomic mass is 10.2. The van der Waals surface area contributed by atoms with Gasteiger partial charge in [-0.05, 0) is 20.8 Å². The molecule has 1 heterocycles. The van der Waals surface area contributed by atoms with E-state index in [4.69, 9.17) is 4.74 Å². The summed E-state index contributed by atoms with van der Waals surface area (Å²) < 4.78 is 6.48. The third kappa shape index (κ3) is 4.58. The maximum Gasteiger partial charge on any atom is 0.376 e. The normalized spacial score (nSPS) is 10.3. The molecular weight excluding hydrogens is 194 g/mol. The van der Waals surface area contributed by atoms with Crippen LogP contribution < -0.4 is 0 Å². The quantitative estimate of drug-likeness (QED) is 0.667. The Hall–Kier alpha value is -1.39. The number of rotatable bonds is 1. The maximum absolute atomic E-state index is 11.4. The van der Waals surface area contributed by atoms with Gasteiger partial charge in [0.2, 0.25) is 5.82 Å². The number of hydrogen-bond acceptors (Lipinski definition) is 4. The highest BCUT2D eigenvalue weighted by Gasteiger charge is 2.20. The van der Waals surface area contributed by atoms with E-state index in [0.717, 1.165) is 0 Å². The van der Waals surface area contributed by atoms with Gasteiger partial charge in [0.15, 0.2) is 0 Å². The molecule has 5 heteroatoms. The zero-order valence-electron chi connectivity index (χ0n) is 10.2. The number of hydrogen-bond donors (Lipinski definition) is 0. The molecule has 0 spiro atoms. The van der Waals surface area contributed by atoms with Crippen molar-refractivity contribution in [3.05, 3.63) is 12.2 Å². The summed E-state index contributed by atoms with van der Waals surface area (Å²) in [6.45, 7) is 9.42. The van der Waals surface area contributed by atoms with Crippen molar-refractivity contribution in [3.63, 3.8) is 0 Å². The Balaban J connectivity index is 0.000000921. The van der Waals surface area contributed by atoms with Gasteiger partial charge >= 0.3 is 5.97 Å². The van der Waals surface area contributed by atoms with Gasteiger partial charge in [-0.3, -0.25) is 0 Å². The van der Waals surface area contributed by atoms with E-state index in [0.29, 0.717) is 0 Å². The summed E-state index contributed by atoms with van der Waals surface area (Å²) in [6, 6.07) is 0. The molecule has 0 atom stereocenters. The number of carbonyl (C=O) groups excluding carboxylic acids is 1. The van der Waals surface area contributed by atoms with Gasteiger partial charge in [-0.1, -0.05) is 13.8 Å². The molecule has 0 aliphatic heterocycles. The predicted octanol–water partition coefficient (Wildman–Crippen LogP) is 1.80. The lowest BCUT2D eigenvalue weighted by molar-refractivity contribution is 0.00506. The minimum atomic E-state index is -0.497. The fraction of sp³-hybridized carbons (Fsp3) is 0.700. The van der Waals surface area contributed by atoms with Crippen LogP contribution >= 0.6 is 0 Å². The van der Waals surface area contributed by atoms with Crippen molar-refractivity contribution in [2.75, 3.05) is 0 Å². The molecule has 0 bridgehead atoms. The van der Waals surface area contributed by atoms with Crippen molar-refractivity contribution >= 4 is 5.97 Å². The molecule has 5 nitrogen and oxygen atoms in total. The maximum atomic E-state index is 11.4. The highest BCUT2D eigenvalue weighted by molar-refractivity contribution is 5.85. The number of aromatic nitrogens is 3. The van der Waals surface area contributed by atoms with Crippen molar-refractivity contribution in [3.8, 4) is 0 Å². The third-order valence-electron chi connectivity index (χ3n) is 1.29. The summed E-state index contributed by atoms with van der Waals surface area (Å²) in [5.41, 5.74) is -0.497. The summed E-state index contributed by atoms with van der Waals surface area (Å²) in [4.78, 5) is 15.2. The Bertz CT molecular complexity index is 313. The second kappa shape index (κ2) is 5.48. The molecule has 0 amide bonds.